The third-order valence-corrected chi connectivity index (χ3v) is 14.0. The van der Waals surface area contributed by atoms with Gasteiger partial charge in [0.05, 0.1) is 12.5 Å². The van der Waals surface area contributed by atoms with Gasteiger partial charge in [0.2, 0.25) is 0 Å². The Bertz CT molecular complexity index is 843. The summed E-state index contributed by atoms with van der Waals surface area (Å²) < 4.78 is 11.2. The van der Waals surface area contributed by atoms with E-state index in [9.17, 15) is 5.26 Å². The van der Waals surface area contributed by atoms with Crippen molar-refractivity contribution in [3.63, 3.8) is 0 Å². The van der Waals surface area contributed by atoms with Crippen LogP contribution in [-0.4, -0.2) is 28.1 Å². The van der Waals surface area contributed by atoms with Gasteiger partial charge in [0.1, 0.15) is 21.0 Å². The van der Waals surface area contributed by atoms with Gasteiger partial charge in [0.25, 0.3) is 0 Å². The Morgan fingerprint density at radius 3 is 2.15 bits per heavy atom. The summed E-state index contributed by atoms with van der Waals surface area (Å²) in [6.07, 6.45) is 5.92. The van der Waals surface area contributed by atoms with E-state index in [2.05, 4.69) is 91.7 Å². The van der Waals surface area contributed by atoms with Gasteiger partial charge in [-0.25, -0.2) is 0 Å². The third-order valence-electron chi connectivity index (χ3n) is 7.67. The number of nitriles is 1. The van der Waals surface area contributed by atoms with Crippen LogP contribution in [0.4, 0.5) is 0 Å². The maximum Gasteiger partial charge on any atom is 0.148 e. The second-order valence-electron chi connectivity index (χ2n) is 10.7. The van der Waals surface area contributed by atoms with Gasteiger partial charge in [-0.15, -0.1) is 5.54 Å². The fraction of sp³-hybridized carbons (Fsp3) is 0.690. The Balaban J connectivity index is 3.16. The third kappa shape index (κ3) is 7.10. The van der Waals surface area contributed by atoms with E-state index < -0.39 is 8.07 Å². The number of hydrogen-bond donors (Lipinski definition) is 0. The molecule has 1 aliphatic rings. The molecule has 0 saturated heterocycles. The SMILES string of the molecule is COCO[C@H](C#C/C=C\C#C[Si](C(C)C)(C(C)C)C(C)C)[C@@H]1CCC(C)=C(CC#N)C1(C)C. The molecule has 0 saturated carbocycles. The molecule has 182 valence electrons. The van der Waals surface area contributed by atoms with E-state index in [0.717, 1.165) is 12.8 Å². The Hall–Kier alpha value is -1.77. The predicted octanol–water partition coefficient (Wildman–Crippen LogP) is 7.42. The number of rotatable bonds is 8. The van der Waals surface area contributed by atoms with Gasteiger partial charge >= 0.3 is 0 Å². The zero-order chi connectivity index (χ0) is 25.2. The number of methoxy groups -OCH3 is 1. The molecule has 0 aliphatic heterocycles. The van der Waals surface area contributed by atoms with Crippen molar-refractivity contribution >= 4 is 8.07 Å². The normalized spacial score (nSPS) is 19.3. The summed E-state index contributed by atoms with van der Waals surface area (Å²) in [5, 5.41) is 9.34. The molecule has 0 radical (unpaired) electrons. The maximum atomic E-state index is 9.34. The van der Waals surface area contributed by atoms with Gasteiger partial charge in [-0.3, -0.25) is 0 Å². The standard InChI is InChI=1S/C29H45NO2Si/c1-22(2)33(23(3)4,24(5)6)20-14-12-11-13-15-28(32-21-31-10)27-17-16-25(7)26(18-19-30)29(27,8)9/h11-12,22-24,27-28H,16-18,21H2,1-10H3/b12-11-/t27-,28+/m0/s1. The van der Waals surface area contributed by atoms with E-state index in [-0.39, 0.29) is 24.2 Å². The summed E-state index contributed by atoms with van der Waals surface area (Å²) in [7, 11) is -0.0980. The van der Waals surface area contributed by atoms with E-state index in [4.69, 9.17) is 9.47 Å². The lowest BCUT2D eigenvalue weighted by Gasteiger charge is -2.43. The van der Waals surface area contributed by atoms with Gasteiger partial charge in [-0.1, -0.05) is 84.3 Å². The van der Waals surface area contributed by atoms with E-state index in [1.165, 1.54) is 11.1 Å². The average molecular weight is 468 g/mol. The smallest absolute Gasteiger partial charge is 0.148 e. The summed E-state index contributed by atoms with van der Waals surface area (Å²) in [6.45, 7) is 20.7. The number of allylic oxidation sites excluding steroid dienone is 4. The summed E-state index contributed by atoms with van der Waals surface area (Å²) in [5.41, 5.74) is 7.96. The van der Waals surface area contributed by atoms with E-state index >= 15 is 0 Å². The lowest BCUT2D eigenvalue weighted by molar-refractivity contribution is -0.0855. The quantitative estimate of drug-likeness (QED) is 0.161. The fourth-order valence-corrected chi connectivity index (χ4v) is 11.1. The molecule has 0 unspecified atom stereocenters. The number of hydrogen-bond acceptors (Lipinski definition) is 3. The molecule has 0 bridgehead atoms. The molecule has 0 N–H and O–H groups in total. The van der Waals surface area contributed by atoms with Crippen molar-refractivity contribution < 1.29 is 9.47 Å². The summed E-state index contributed by atoms with van der Waals surface area (Å²) in [6, 6.07) is 2.35. The van der Waals surface area contributed by atoms with Gasteiger partial charge in [-0.05, 0) is 54.0 Å². The van der Waals surface area contributed by atoms with Crippen LogP contribution in [0.25, 0.3) is 0 Å². The molecule has 0 amide bonds. The van der Waals surface area contributed by atoms with Crippen LogP contribution in [-0.2, 0) is 9.47 Å². The van der Waals surface area contributed by atoms with Gasteiger partial charge in [-0.2, -0.15) is 5.26 Å². The maximum absolute atomic E-state index is 9.34. The fourth-order valence-electron chi connectivity index (χ4n) is 5.86. The van der Waals surface area contributed by atoms with Crippen molar-refractivity contribution in [2.45, 2.75) is 104 Å². The molecule has 0 aromatic heterocycles. The van der Waals surface area contributed by atoms with Crippen LogP contribution in [0.1, 0.15) is 81.6 Å². The van der Waals surface area contributed by atoms with Crippen LogP contribution in [0.2, 0.25) is 16.6 Å². The molecule has 3 nitrogen and oxygen atoms in total. The summed E-state index contributed by atoms with van der Waals surface area (Å²) >= 11 is 0. The Labute approximate surface area is 205 Å². The predicted molar refractivity (Wildman–Crippen MR) is 142 cm³/mol. The zero-order valence-corrected chi connectivity index (χ0v) is 23.6. The first-order valence-corrected chi connectivity index (χ1v) is 14.5. The lowest BCUT2D eigenvalue weighted by atomic mass is 9.63. The number of ether oxygens (including phenoxy) is 2. The van der Waals surface area contributed by atoms with Crippen LogP contribution in [0.15, 0.2) is 23.3 Å². The van der Waals surface area contributed by atoms with Crippen molar-refractivity contribution in [3.05, 3.63) is 23.3 Å². The first-order chi connectivity index (χ1) is 15.5. The van der Waals surface area contributed by atoms with Crippen LogP contribution in [0.3, 0.4) is 0 Å². The topological polar surface area (TPSA) is 42.2 Å². The monoisotopic (exact) mass is 467 g/mol. The van der Waals surface area contributed by atoms with Crippen molar-refractivity contribution in [1.29, 1.82) is 5.26 Å². The highest BCUT2D eigenvalue weighted by molar-refractivity contribution is 6.90. The highest BCUT2D eigenvalue weighted by atomic mass is 28.3. The molecular formula is C29H45NO2Si. The first kappa shape index (κ1) is 29.3. The minimum atomic E-state index is -1.73. The average Bonchev–Trinajstić information content (AvgIpc) is 2.72. The molecule has 1 rings (SSSR count). The highest BCUT2D eigenvalue weighted by Gasteiger charge is 2.42. The molecule has 0 aromatic carbocycles. The van der Waals surface area contributed by atoms with Crippen LogP contribution >= 0.6 is 0 Å². The van der Waals surface area contributed by atoms with Gasteiger partial charge in [0.15, 0.2) is 0 Å². The van der Waals surface area contributed by atoms with Gasteiger partial charge in [0, 0.05) is 13.0 Å². The minimum absolute atomic E-state index is 0.147. The molecule has 33 heavy (non-hydrogen) atoms. The van der Waals surface area contributed by atoms with Crippen molar-refractivity contribution in [2.24, 2.45) is 11.3 Å². The molecule has 4 heteroatoms. The Kier molecular flexibility index (Phi) is 11.7. The molecule has 1 aliphatic carbocycles. The highest BCUT2D eigenvalue weighted by Crippen LogP contribution is 2.48. The van der Waals surface area contributed by atoms with Crippen molar-refractivity contribution in [3.8, 4) is 29.4 Å². The molecular weight excluding hydrogens is 422 g/mol. The number of nitrogens with zero attached hydrogens (tertiary/aromatic N) is 1. The largest absolute Gasteiger partial charge is 0.359 e. The molecule has 0 aromatic rings. The first-order valence-electron chi connectivity index (χ1n) is 12.3. The van der Waals surface area contributed by atoms with Crippen molar-refractivity contribution in [1.82, 2.24) is 0 Å². The van der Waals surface area contributed by atoms with E-state index in [0.29, 0.717) is 23.0 Å². The molecule has 2 atom stereocenters. The van der Waals surface area contributed by atoms with Crippen LogP contribution < -0.4 is 0 Å². The summed E-state index contributed by atoms with van der Waals surface area (Å²) in [5.74, 6) is 10.0. The van der Waals surface area contributed by atoms with E-state index in [1.807, 2.05) is 12.2 Å². The van der Waals surface area contributed by atoms with Crippen molar-refractivity contribution in [2.75, 3.05) is 13.9 Å². The van der Waals surface area contributed by atoms with Gasteiger partial charge < -0.3 is 9.47 Å². The van der Waals surface area contributed by atoms with E-state index in [1.54, 1.807) is 7.11 Å². The zero-order valence-electron chi connectivity index (χ0n) is 22.6. The van der Waals surface area contributed by atoms with Crippen LogP contribution in [0, 0.1) is 46.0 Å². The minimum Gasteiger partial charge on any atom is -0.359 e. The molecule has 0 heterocycles. The Morgan fingerprint density at radius 1 is 1.06 bits per heavy atom. The lowest BCUT2D eigenvalue weighted by Crippen LogP contribution is -2.43. The second-order valence-corrected chi connectivity index (χ2v) is 16.3. The Morgan fingerprint density at radius 2 is 1.64 bits per heavy atom. The summed E-state index contributed by atoms with van der Waals surface area (Å²) in [4.78, 5) is 0. The second kappa shape index (κ2) is 13.2. The van der Waals surface area contributed by atoms with Crippen LogP contribution in [0.5, 0.6) is 0 Å². The molecule has 0 fully saturated rings. The molecule has 0 spiro atoms.